The maximum atomic E-state index is 10.4. The molecule has 1 atom stereocenters. The Hall–Kier alpha value is -0.350. The van der Waals surface area contributed by atoms with E-state index in [1.165, 1.54) is 11.8 Å². The summed E-state index contributed by atoms with van der Waals surface area (Å²) < 4.78 is 0.934. The summed E-state index contributed by atoms with van der Waals surface area (Å²) in [4.78, 5) is 10.4. The van der Waals surface area contributed by atoms with Crippen molar-refractivity contribution in [1.82, 2.24) is 0 Å². The van der Waals surface area contributed by atoms with Crippen LogP contribution in [0.4, 0.5) is 0 Å². The Balaban J connectivity index is 3.00. The van der Waals surface area contributed by atoms with Gasteiger partial charge in [0.1, 0.15) is 0 Å². The molecular weight excluding hydrogens is 238 g/mol. The Labute approximate surface area is 83.8 Å². The molecule has 2 nitrogen and oxygen atoms in total. The monoisotopic (exact) mass is 245 g/mol. The summed E-state index contributed by atoms with van der Waals surface area (Å²) in [6.07, 6.45) is 1.87. The first-order valence-corrected chi connectivity index (χ1v) is 5.47. The number of halogens is 1. The van der Waals surface area contributed by atoms with Crippen molar-refractivity contribution in [3.05, 3.63) is 39.2 Å². The molecule has 0 aliphatic carbocycles. The molecular formula is C8H8BrNOS. The van der Waals surface area contributed by atoms with Crippen molar-refractivity contribution in [2.45, 2.75) is 5.37 Å². The van der Waals surface area contributed by atoms with E-state index in [1.54, 1.807) is 0 Å². The minimum Gasteiger partial charge on any atom is -0.149 e. The van der Waals surface area contributed by atoms with E-state index in [9.17, 15) is 4.91 Å². The number of hydrogen-bond acceptors (Lipinski definition) is 3. The molecule has 1 aromatic carbocycles. The summed E-state index contributed by atoms with van der Waals surface area (Å²) in [5.74, 6) is 0. The second kappa shape index (κ2) is 4.62. The van der Waals surface area contributed by atoms with Crippen molar-refractivity contribution in [2.24, 2.45) is 5.18 Å². The normalized spacial score (nSPS) is 12.5. The zero-order valence-corrected chi connectivity index (χ0v) is 8.93. The van der Waals surface area contributed by atoms with Crippen LogP contribution >= 0.6 is 27.7 Å². The number of nitrogens with zero attached hydrogens (tertiary/aromatic N) is 1. The predicted molar refractivity (Wildman–Crippen MR) is 56.2 cm³/mol. The molecule has 0 N–H and O–H groups in total. The van der Waals surface area contributed by atoms with Crippen LogP contribution in [0.5, 0.6) is 0 Å². The van der Waals surface area contributed by atoms with Crippen LogP contribution < -0.4 is 0 Å². The van der Waals surface area contributed by atoms with Crippen LogP contribution in [-0.4, -0.2) is 6.26 Å². The first kappa shape index (κ1) is 9.74. The van der Waals surface area contributed by atoms with Crippen molar-refractivity contribution in [2.75, 3.05) is 6.26 Å². The lowest BCUT2D eigenvalue weighted by Gasteiger charge is -2.07. The second-order valence-electron chi connectivity index (χ2n) is 2.21. The molecule has 4 heteroatoms. The highest BCUT2D eigenvalue weighted by Gasteiger charge is 2.11. The summed E-state index contributed by atoms with van der Waals surface area (Å²) in [6.45, 7) is 0. The lowest BCUT2D eigenvalue weighted by molar-refractivity contribution is 1.01. The van der Waals surface area contributed by atoms with Gasteiger partial charge in [-0.1, -0.05) is 39.3 Å². The van der Waals surface area contributed by atoms with Gasteiger partial charge in [0.25, 0.3) is 0 Å². The molecule has 0 unspecified atom stereocenters. The topological polar surface area (TPSA) is 29.4 Å². The Morgan fingerprint density at radius 2 is 2.17 bits per heavy atom. The first-order valence-electron chi connectivity index (χ1n) is 3.39. The summed E-state index contributed by atoms with van der Waals surface area (Å²) >= 11 is 4.79. The number of thioether (sulfide) groups is 1. The number of rotatable bonds is 3. The van der Waals surface area contributed by atoms with E-state index in [4.69, 9.17) is 0 Å². The Morgan fingerprint density at radius 1 is 1.50 bits per heavy atom. The van der Waals surface area contributed by atoms with E-state index in [1.807, 2.05) is 30.5 Å². The number of hydrogen-bond donors (Lipinski definition) is 0. The van der Waals surface area contributed by atoms with Crippen LogP contribution in [0.3, 0.4) is 0 Å². The van der Waals surface area contributed by atoms with E-state index in [0.29, 0.717) is 0 Å². The Morgan fingerprint density at radius 3 is 2.67 bits per heavy atom. The zero-order chi connectivity index (χ0) is 8.97. The van der Waals surface area contributed by atoms with Gasteiger partial charge >= 0.3 is 0 Å². The maximum Gasteiger partial charge on any atom is 0.163 e. The molecule has 0 saturated carbocycles. The van der Waals surface area contributed by atoms with Gasteiger partial charge in [0, 0.05) is 10.0 Å². The van der Waals surface area contributed by atoms with Gasteiger partial charge in [-0.05, 0) is 12.3 Å². The van der Waals surface area contributed by atoms with Gasteiger partial charge in [-0.25, -0.2) is 0 Å². The molecule has 64 valence electrons. The minimum absolute atomic E-state index is 0.305. The van der Waals surface area contributed by atoms with Crippen LogP contribution in [0.15, 0.2) is 33.9 Å². The summed E-state index contributed by atoms with van der Waals surface area (Å²) in [5, 5.41) is 2.72. The molecule has 0 spiro atoms. The van der Waals surface area contributed by atoms with Crippen LogP contribution in [-0.2, 0) is 0 Å². The number of benzene rings is 1. The molecule has 0 heterocycles. The third-order valence-corrected chi connectivity index (χ3v) is 3.00. The Bertz CT molecular complexity index is 280. The van der Waals surface area contributed by atoms with E-state index < -0.39 is 0 Å². The van der Waals surface area contributed by atoms with E-state index >= 15 is 0 Å². The van der Waals surface area contributed by atoms with Gasteiger partial charge < -0.3 is 0 Å². The molecule has 1 rings (SSSR count). The SMILES string of the molecule is CS[C@@H](N=O)c1ccccc1Br. The summed E-state index contributed by atoms with van der Waals surface area (Å²) in [5.41, 5.74) is 0.931. The van der Waals surface area contributed by atoms with Gasteiger partial charge in [0.2, 0.25) is 0 Å². The van der Waals surface area contributed by atoms with Crippen molar-refractivity contribution in [3.8, 4) is 0 Å². The molecule has 0 bridgehead atoms. The van der Waals surface area contributed by atoms with Crippen molar-refractivity contribution < 1.29 is 0 Å². The third kappa shape index (κ3) is 2.08. The lowest BCUT2D eigenvalue weighted by atomic mass is 10.2. The van der Waals surface area contributed by atoms with Crippen LogP contribution in [0, 0.1) is 4.91 Å². The fourth-order valence-electron chi connectivity index (χ4n) is 0.902. The quantitative estimate of drug-likeness (QED) is 0.763. The number of nitroso groups, excluding NO2 is 1. The average molecular weight is 246 g/mol. The molecule has 0 aliphatic rings. The molecule has 1 aromatic rings. The van der Waals surface area contributed by atoms with Gasteiger partial charge in [-0.2, -0.15) is 0 Å². The standard InChI is InChI=1S/C8H8BrNOS/c1-12-8(10-11)6-4-2-3-5-7(6)9/h2-5,8H,1H3/t8-/m1/s1. The summed E-state index contributed by atoms with van der Waals surface area (Å²) in [6, 6.07) is 7.61. The van der Waals surface area contributed by atoms with Gasteiger partial charge in [0.05, 0.1) is 0 Å². The fourth-order valence-corrected chi connectivity index (χ4v) is 2.10. The van der Waals surface area contributed by atoms with Crippen LogP contribution in [0.2, 0.25) is 0 Å². The molecule has 12 heavy (non-hydrogen) atoms. The third-order valence-electron chi connectivity index (χ3n) is 1.49. The molecule has 0 amide bonds. The van der Waals surface area contributed by atoms with Gasteiger partial charge in [0.15, 0.2) is 5.37 Å². The molecule has 0 aliphatic heterocycles. The van der Waals surface area contributed by atoms with Crippen molar-refractivity contribution in [1.29, 1.82) is 0 Å². The highest BCUT2D eigenvalue weighted by molar-refractivity contribution is 9.10. The molecule has 0 aromatic heterocycles. The van der Waals surface area contributed by atoms with Crippen LogP contribution in [0.1, 0.15) is 10.9 Å². The molecule has 0 fully saturated rings. The zero-order valence-electron chi connectivity index (χ0n) is 6.53. The van der Waals surface area contributed by atoms with Gasteiger partial charge in [-0.15, -0.1) is 16.7 Å². The van der Waals surface area contributed by atoms with Gasteiger partial charge in [-0.3, -0.25) is 0 Å². The highest BCUT2D eigenvalue weighted by Crippen LogP contribution is 2.32. The maximum absolute atomic E-state index is 10.4. The average Bonchev–Trinajstić information content (AvgIpc) is 2.10. The van der Waals surface area contributed by atoms with Crippen molar-refractivity contribution >= 4 is 27.7 Å². The predicted octanol–water partition coefficient (Wildman–Crippen LogP) is 3.58. The lowest BCUT2D eigenvalue weighted by Crippen LogP contribution is -1.89. The van der Waals surface area contributed by atoms with E-state index in [2.05, 4.69) is 21.1 Å². The minimum atomic E-state index is -0.305. The second-order valence-corrected chi connectivity index (χ2v) is 3.99. The van der Waals surface area contributed by atoms with Crippen LogP contribution in [0.25, 0.3) is 0 Å². The largest absolute Gasteiger partial charge is 0.163 e. The van der Waals surface area contributed by atoms with E-state index in [0.717, 1.165) is 10.0 Å². The highest BCUT2D eigenvalue weighted by atomic mass is 79.9. The molecule has 0 radical (unpaired) electrons. The van der Waals surface area contributed by atoms with Crippen molar-refractivity contribution in [3.63, 3.8) is 0 Å². The van der Waals surface area contributed by atoms with E-state index in [-0.39, 0.29) is 5.37 Å². The summed E-state index contributed by atoms with van der Waals surface area (Å²) in [7, 11) is 0. The fraction of sp³-hybridized carbons (Fsp3) is 0.250. The first-order chi connectivity index (χ1) is 5.79. The molecule has 0 saturated heterocycles. The smallest absolute Gasteiger partial charge is 0.149 e. The Kier molecular flexibility index (Phi) is 3.75.